The minimum Gasteiger partial charge on any atom is -0.458 e. The maximum absolute atomic E-state index is 11.5. The van der Waals surface area contributed by atoms with E-state index in [1.807, 2.05) is 6.08 Å². The van der Waals surface area contributed by atoms with E-state index in [1.165, 1.54) is 24.8 Å². The van der Waals surface area contributed by atoms with Crippen molar-refractivity contribution in [2.24, 2.45) is 17.3 Å². The Morgan fingerprint density at radius 1 is 1.44 bits per heavy atom. The van der Waals surface area contributed by atoms with Gasteiger partial charge in [-0.2, -0.15) is 0 Å². The van der Waals surface area contributed by atoms with Crippen molar-refractivity contribution in [2.45, 2.75) is 33.1 Å². The predicted molar refractivity (Wildman–Crippen MR) is 61.7 cm³/mol. The molecule has 0 unspecified atom stereocenters. The monoisotopic (exact) mass is 218 g/mol. The van der Waals surface area contributed by atoms with Crippen molar-refractivity contribution in [3.63, 3.8) is 0 Å². The SMILES string of the molecule is CC1(C)CCC[C@H]2C3=C(C=C[C@@H]21)C(=O)OC3. The molecule has 1 aliphatic heterocycles. The van der Waals surface area contributed by atoms with Crippen LogP contribution in [0.4, 0.5) is 0 Å². The fraction of sp³-hybridized carbons (Fsp3) is 0.643. The Balaban J connectivity index is 1.99. The average Bonchev–Trinajstić information content (AvgIpc) is 2.60. The molecule has 1 saturated carbocycles. The van der Waals surface area contributed by atoms with Gasteiger partial charge in [-0.25, -0.2) is 4.79 Å². The molecule has 2 heteroatoms. The molecular formula is C14H18O2. The molecule has 2 aliphatic carbocycles. The molecule has 0 amide bonds. The smallest absolute Gasteiger partial charge is 0.338 e. The zero-order valence-corrected chi connectivity index (χ0v) is 9.95. The van der Waals surface area contributed by atoms with Crippen molar-refractivity contribution in [3.8, 4) is 0 Å². The maximum atomic E-state index is 11.5. The first-order valence-corrected chi connectivity index (χ1v) is 6.18. The van der Waals surface area contributed by atoms with E-state index in [0.29, 0.717) is 23.9 Å². The highest BCUT2D eigenvalue weighted by Gasteiger charge is 2.43. The van der Waals surface area contributed by atoms with Gasteiger partial charge in [0.25, 0.3) is 0 Å². The molecule has 2 nitrogen and oxygen atoms in total. The Morgan fingerprint density at radius 2 is 2.25 bits per heavy atom. The minimum atomic E-state index is -0.118. The van der Waals surface area contributed by atoms with Gasteiger partial charge in [0.1, 0.15) is 6.61 Å². The fourth-order valence-corrected chi connectivity index (χ4v) is 3.57. The van der Waals surface area contributed by atoms with Crippen LogP contribution in [-0.2, 0) is 9.53 Å². The van der Waals surface area contributed by atoms with Crippen molar-refractivity contribution in [2.75, 3.05) is 6.61 Å². The van der Waals surface area contributed by atoms with Crippen LogP contribution in [0, 0.1) is 17.3 Å². The first kappa shape index (κ1) is 10.1. The highest BCUT2D eigenvalue weighted by molar-refractivity contribution is 5.95. The Kier molecular flexibility index (Phi) is 2.04. The topological polar surface area (TPSA) is 26.3 Å². The van der Waals surface area contributed by atoms with E-state index in [0.717, 1.165) is 5.57 Å². The summed E-state index contributed by atoms with van der Waals surface area (Å²) in [6, 6.07) is 0. The first-order chi connectivity index (χ1) is 7.59. The molecule has 0 bridgehead atoms. The molecule has 1 fully saturated rings. The van der Waals surface area contributed by atoms with Gasteiger partial charge >= 0.3 is 5.97 Å². The summed E-state index contributed by atoms with van der Waals surface area (Å²) in [5.41, 5.74) is 2.48. The molecule has 3 rings (SSSR count). The van der Waals surface area contributed by atoms with Crippen LogP contribution in [-0.4, -0.2) is 12.6 Å². The molecule has 86 valence electrons. The van der Waals surface area contributed by atoms with Crippen LogP contribution in [0.25, 0.3) is 0 Å². The molecule has 3 aliphatic rings. The van der Waals surface area contributed by atoms with Crippen molar-refractivity contribution < 1.29 is 9.53 Å². The van der Waals surface area contributed by atoms with Gasteiger partial charge in [-0.3, -0.25) is 0 Å². The van der Waals surface area contributed by atoms with E-state index in [-0.39, 0.29) is 5.97 Å². The summed E-state index contributed by atoms with van der Waals surface area (Å²) in [5.74, 6) is 1.03. The number of carbonyl (C=O) groups is 1. The quantitative estimate of drug-likeness (QED) is 0.584. The average molecular weight is 218 g/mol. The van der Waals surface area contributed by atoms with Crippen LogP contribution in [0.15, 0.2) is 23.3 Å². The molecule has 0 aromatic heterocycles. The van der Waals surface area contributed by atoms with E-state index in [2.05, 4.69) is 19.9 Å². The first-order valence-electron chi connectivity index (χ1n) is 6.18. The number of fused-ring (bicyclic) bond motifs is 2. The number of esters is 1. The normalized spacial score (nSPS) is 35.8. The summed E-state index contributed by atoms with van der Waals surface area (Å²) in [6.45, 7) is 5.23. The van der Waals surface area contributed by atoms with E-state index in [1.54, 1.807) is 0 Å². The van der Waals surface area contributed by atoms with Crippen LogP contribution in [0.1, 0.15) is 33.1 Å². The van der Waals surface area contributed by atoms with Crippen molar-refractivity contribution >= 4 is 5.97 Å². The summed E-state index contributed by atoms with van der Waals surface area (Å²) in [6.07, 6.45) is 8.02. The van der Waals surface area contributed by atoms with Crippen molar-refractivity contribution in [3.05, 3.63) is 23.3 Å². The third kappa shape index (κ3) is 1.28. The van der Waals surface area contributed by atoms with E-state index in [4.69, 9.17) is 4.74 Å². The molecule has 0 radical (unpaired) electrons. The molecule has 0 aromatic rings. The number of carbonyl (C=O) groups excluding carboxylic acids is 1. The molecule has 0 aromatic carbocycles. The third-order valence-electron chi connectivity index (χ3n) is 4.51. The fourth-order valence-electron chi connectivity index (χ4n) is 3.57. The minimum absolute atomic E-state index is 0.118. The summed E-state index contributed by atoms with van der Waals surface area (Å²) in [4.78, 5) is 11.5. The second-order valence-corrected chi connectivity index (χ2v) is 5.89. The van der Waals surface area contributed by atoms with Crippen LogP contribution in [0.2, 0.25) is 0 Å². The van der Waals surface area contributed by atoms with Gasteiger partial charge < -0.3 is 4.74 Å². The predicted octanol–water partition coefficient (Wildman–Crippen LogP) is 2.85. The Bertz CT molecular complexity index is 401. The molecule has 16 heavy (non-hydrogen) atoms. The van der Waals surface area contributed by atoms with Crippen LogP contribution >= 0.6 is 0 Å². The van der Waals surface area contributed by atoms with Gasteiger partial charge in [0, 0.05) is 0 Å². The van der Waals surface area contributed by atoms with Crippen molar-refractivity contribution in [1.82, 2.24) is 0 Å². The summed E-state index contributed by atoms with van der Waals surface area (Å²) >= 11 is 0. The molecular weight excluding hydrogens is 200 g/mol. The number of hydrogen-bond donors (Lipinski definition) is 0. The highest BCUT2D eigenvalue weighted by Crippen LogP contribution is 2.50. The van der Waals surface area contributed by atoms with Gasteiger partial charge in [-0.15, -0.1) is 0 Å². The Labute approximate surface area is 96.4 Å². The molecule has 1 heterocycles. The Hall–Kier alpha value is -1.05. The summed E-state index contributed by atoms with van der Waals surface area (Å²) < 4.78 is 5.15. The van der Waals surface area contributed by atoms with Crippen LogP contribution < -0.4 is 0 Å². The number of hydrogen-bond acceptors (Lipinski definition) is 2. The van der Waals surface area contributed by atoms with Gasteiger partial charge in [0.15, 0.2) is 0 Å². The molecule has 0 N–H and O–H groups in total. The second kappa shape index (κ2) is 3.22. The van der Waals surface area contributed by atoms with Crippen LogP contribution in [0.3, 0.4) is 0 Å². The summed E-state index contributed by atoms with van der Waals surface area (Å²) in [7, 11) is 0. The highest BCUT2D eigenvalue weighted by atomic mass is 16.5. The number of rotatable bonds is 0. The third-order valence-corrected chi connectivity index (χ3v) is 4.51. The maximum Gasteiger partial charge on any atom is 0.338 e. The van der Waals surface area contributed by atoms with E-state index < -0.39 is 0 Å². The van der Waals surface area contributed by atoms with Gasteiger partial charge in [-0.05, 0) is 35.7 Å². The molecule has 0 spiro atoms. The van der Waals surface area contributed by atoms with Gasteiger partial charge in [0.2, 0.25) is 0 Å². The lowest BCUT2D eigenvalue weighted by Crippen LogP contribution is -2.36. The van der Waals surface area contributed by atoms with Crippen molar-refractivity contribution in [1.29, 1.82) is 0 Å². The van der Waals surface area contributed by atoms with Gasteiger partial charge in [-0.1, -0.05) is 32.4 Å². The zero-order valence-electron chi connectivity index (χ0n) is 9.95. The lowest BCUT2D eigenvalue weighted by molar-refractivity contribution is -0.135. The number of allylic oxidation sites excluding steroid dienone is 1. The summed E-state index contributed by atoms with van der Waals surface area (Å²) in [5, 5.41) is 0. The number of cyclic esters (lactones) is 1. The second-order valence-electron chi connectivity index (χ2n) is 5.89. The van der Waals surface area contributed by atoms with Crippen LogP contribution in [0.5, 0.6) is 0 Å². The van der Waals surface area contributed by atoms with Gasteiger partial charge in [0.05, 0.1) is 5.57 Å². The standard InChI is InChI=1S/C14H18O2/c1-14(2)7-3-4-9-11-8-16-13(15)10(11)5-6-12(9)14/h5-6,9,12H,3-4,7-8H2,1-2H3/t9-,12-/m0/s1. The molecule has 0 saturated heterocycles. The lowest BCUT2D eigenvalue weighted by atomic mass is 9.60. The van der Waals surface area contributed by atoms with E-state index in [9.17, 15) is 4.79 Å². The lowest BCUT2D eigenvalue weighted by Gasteiger charge is -2.44. The largest absolute Gasteiger partial charge is 0.458 e. The number of ether oxygens (including phenoxy) is 1. The molecule has 2 atom stereocenters. The Morgan fingerprint density at radius 3 is 3.06 bits per heavy atom. The van der Waals surface area contributed by atoms with E-state index >= 15 is 0 Å². The zero-order chi connectivity index (χ0) is 11.3.